The molecule has 49 heavy (non-hydrogen) atoms. The lowest BCUT2D eigenvalue weighted by atomic mass is 10.1. The lowest BCUT2D eigenvalue weighted by Crippen LogP contribution is -1.97. The summed E-state index contributed by atoms with van der Waals surface area (Å²) in [5.41, 5.74) is 1.28. The third kappa shape index (κ3) is 8.11. The van der Waals surface area contributed by atoms with Crippen LogP contribution in [0.4, 0.5) is 34.1 Å². The molecule has 0 radical (unpaired) electrons. The summed E-state index contributed by atoms with van der Waals surface area (Å²) >= 11 is 0. The predicted octanol–water partition coefficient (Wildman–Crippen LogP) is 11.0. The minimum atomic E-state index is -4.33. The number of hydrogen-bond acceptors (Lipinski definition) is 16. The number of aryl methyl sites for hydroxylation is 1. The number of fused-ring (bicyclic) bond motifs is 1. The number of benzene rings is 5. The number of ether oxygens (including phenoxy) is 2. The van der Waals surface area contributed by atoms with Gasteiger partial charge < -0.3 is 47.0 Å². The summed E-state index contributed by atoms with van der Waals surface area (Å²) in [6.45, 7) is 1.81. The number of azo groups is 3. The predicted molar refractivity (Wildman–Crippen MR) is 184 cm³/mol. The van der Waals surface area contributed by atoms with Crippen LogP contribution in [0.25, 0.3) is 10.8 Å². The van der Waals surface area contributed by atoms with E-state index in [9.17, 15) is 37.5 Å². The van der Waals surface area contributed by atoms with E-state index in [1.54, 1.807) is 36.4 Å². The van der Waals surface area contributed by atoms with Crippen LogP contribution < -0.4 is 9.47 Å². The summed E-state index contributed by atoms with van der Waals surface area (Å²) in [4.78, 5) is -0.563. The molecule has 0 spiro atoms. The van der Waals surface area contributed by atoms with E-state index in [0.717, 1.165) is 5.56 Å². The topological polar surface area (TPSA) is 254 Å². The van der Waals surface area contributed by atoms with Crippen molar-refractivity contribution in [1.82, 2.24) is 0 Å². The molecule has 0 aliphatic heterocycles. The molecule has 5 aromatic rings. The maximum Gasteiger partial charge on any atom is 0.152 e. The van der Waals surface area contributed by atoms with Gasteiger partial charge in [-0.15, -0.1) is 20.5 Å². The smallest absolute Gasteiger partial charge is 0.152 e. The quantitative estimate of drug-likeness (QED) is 0.0636. The summed E-state index contributed by atoms with van der Waals surface area (Å²) < 4.78 is 69.4. The Morgan fingerprint density at radius 3 is 1.90 bits per heavy atom. The standard InChI is InChI=1S/C31H30N6O10S2/c1-17-7-9-22-18(11-17)12-29(49(43,44)45)30(31(22)39)37-35-24-16-28(47-3)25(15-26(24)38)36-34-23-10-8-20(14-27(23)46-2)33-32-19-5-4-6-21(13-19)48(40,41)42/h4-16,38-45H,1-3H3. The first-order valence-corrected chi connectivity index (χ1v) is 16.9. The molecule has 256 valence electrons. The van der Waals surface area contributed by atoms with E-state index in [4.69, 9.17) is 9.47 Å². The molecule has 5 rings (SSSR count). The van der Waals surface area contributed by atoms with Crippen LogP contribution in [0.5, 0.6) is 23.0 Å². The number of phenolic OH excluding ortho intramolecular Hbond substituents is 2. The first-order valence-electron chi connectivity index (χ1n) is 13.9. The molecule has 5 aromatic carbocycles. The first kappa shape index (κ1) is 35.1. The minimum absolute atomic E-state index is 0.0913. The molecule has 0 saturated carbocycles. The molecule has 0 fully saturated rings. The maximum absolute atomic E-state index is 10.9. The Bertz CT molecular complexity index is 2130. The van der Waals surface area contributed by atoms with Gasteiger partial charge in [-0.05, 0) is 48.7 Å². The van der Waals surface area contributed by atoms with Gasteiger partial charge in [-0.25, -0.2) is 0 Å². The highest BCUT2D eigenvalue weighted by Gasteiger charge is 2.25. The highest BCUT2D eigenvalue weighted by atomic mass is 32.3. The van der Waals surface area contributed by atoms with Gasteiger partial charge in [-0.3, -0.25) is 0 Å². The summed E-state index contributed by atoms with van der Waals surface area (Å²) in [6, 6.07) is 19.1. The fourth-order valence-electron chi connectivity index (χ4n) is 4.50. The Morgan fingerprint density at radius 2 is 1.22 bits per heavy atom. The van der Waals surface area contributed by atoms with Crippen LogP contribution in [0.1, 0.15) is 5.56 Å². The molecule has 0 bridgehead atoms. The fraction of sp³-hybridized carbons (Fsp3) is 0.0968. The lowest BCUT2D eigenvalue weighted by molar-refractivity contribution is 0.373. The van der Waals surface area contributed by atoms with Gasteiger partial charge >= 0.3 is 0 Å². The molecule has 0 saturated heterocycles. The SMILES string of the molecule is COc1cc(N=Nc2cccc(S(O)(O)O)c2)ccc1N=Nc1cc(O)c(N=Nc2c(S(O)(O)O)cc3cc(C)ccc3c2O)cc1OC. The van der Waals surface area contributed by atoms with Crippen LogP contribution in [0.3, 0.4) is 0 Å². The summed E-state index contributed by atoms with van der Waals surface area (Å²) in [5, 5.41) is 46.8. The van der Waals surface area contributed by atoms with E-state index >= 15 is 0 Å². The first-order chi connectivity index (χ1) is 23.2. The van der Waals surface area contributed by atoms with Crippen molar-refractivity contribution in [2.45, 2.75) is 16.7 Å². The zero-order chi connectivity index (χ0) is 35.5. The van der Waals surface area contributed by atoms with Crippen LogP contribution in [0.2, 0.25) is 0 Å². The normalized spacial score (nSPS) is 13.2. The summed E-state index contributed by atoms with van der Waals surface area (Å²) in [7, 11) is -5.48. The van der Waals surface area contributed by atoms with Crippen molar-refractivity contribution in [3.05, 3.63) is 84.4 Å². The van der Waals surface area contributed by atoms with Crippen LogP contribution in [-0.4, -0.2) is 51.7 Å². The zero-order valence-electron chi connectivity index (χ0n) is 25.9. The Balaban J connectivity index is 1.42. The minimum Gasteiger partial charge on any atom is -0.506 e. The molecule has 0 unspecified atom stereocenters. The average molecular weight is 711 g/mol. The number of methoxy groups -OCH3 is 2. The molecule has 0 amide bonds. The number of rotatable bonds is 10. The number of aromatic hydroxyl groups is 2. The zero-order valence-corrected chi connectivity index (χ0v) is 27.5. The fourth-order valence-corrected chi connectivity index (χ4v) is 5.72. The van der Waals surface area contributed by atoms with E-state index in [0.29, 0.717) is 16.5 Å². The second-order valence-electron chi connectivity index (χ2n) is 10.3. The van der Waals surface area contributed by atoms with Crippen LogP contribution in [-0.2, 0) is 0 Å². The van der Waals surface area contributed by atoms with Gasteiger partial charge in [-0.2, -0.15) is 10.2 Å². The molecule has 8 N–H and O–H groups in total. The van der Waals surface area contributed by atoms with E-state index in [-0.39, 0.29) is 39.1 Å². The van der Waals surface area contributed by atoms with Crippen molar-refractivity contribution in [1.29, 1.82) is 0 Å². The monoisotopic (exact) mass is 710 g/mol. The molecule has 16 nitrogen and oxygen atoms in total. The van der Waals surface area contributed by atoms with Gasteiger partial charge in [0.2, 0.25) is 0 Å². The van der Waals surface area contributed by atoms with Crippen molar-refractivity contribution in [3.63, 3.8) is 0 Å². The van der Waals surface area contributed by atoms with Crippen molar-refractivity contribution in [2.75, 3.05) is 14.2 Å². The van der Waals surface area contributed by atoms with Crippen molar-refractivity contribution in [2.24, 2.45) is 30.7 Å². The molecular weight excluding hydrogens is 681 g/mol. The largest absolute Gasteiger partial charge is 0.506 e. The number of phenols is 2. The Morgan fingerprint density at radius 1 is 0.571 bits per heavy atom. The van der Waals surface area contributed by atoms with Crippen molar-refractivity contribution >= 4 is 66.6 Å². The van der Waals surface area contributed by atoms with Crippen LogP contribution in [0, 0.1) is 6.92 Å². The Kier molecular flexibility index (Phi) is 10.1. The third-order valence-electron chi connectivity index (χ3n) is 6.88. The van der Waals surface area contributed by atoms with Gasteiger partial charge in [0.1, 0.15) is 61.7 Å². The molecule has 0 atom stereocenters. The maximum atomic E-state index is 10.9. The van der Waals surface area contributed by atoms with Gasteiger partial charge in [0.05, 0.1) is 35.4 Å². The summed E-state index contributed by atoms with van der Waals surface area (Å²) in [5.74, 6) is -0.491. The van der Waals surface area contributed by atoms with E-state index < -0.39 is 43.8 Å². The van der Waals surface area contributed by atoms with Crippen molar-refractivity contribution < 1.29 is 47.0 Å². The molecule has 0 aromatic heterocycles. The van der Waals surface area contributed by atoms with E-state index in [1.807, 2.05) is 6.92 Å². The van der Waals surface area contributed by atoms with Crippen molar-refractivity contribution in [3.8, 4) is 23.0 Å². The second kappa shape index (κ2) is 14.1. The Hall–Kier alpha value is -5.18. The molecule has 0 aliphatic carbocycles. The van der Waals surface area contributed by atoms with E-state index in [2.05, 4.69) is 30.7 Å². The number of hydrogen-bond donors (Lipinski definition) is 8. The third-order valence-corrected chi connectivity index (χ3v) is 8.67. The molecule has 0 aliphatic rings. The second-order valence-corrected chi connectivity index (χ2v) is 13.3. The molecule has 0 heterocycles. The molecular formula is C31H30N6O10S2. The highest BCUT2D eigenvalue weighted by Crippen LogP contribution is 2.54. The summed E-state index contributed by atoms with van der Waals surface area (Å²) in [6.07, 6.45) is 0. The molecule has 18 heteroatoms. The number of nitrogens with zero attached hydrogens (tertiary/aromatic N) is 6. The highest BCUT2D eigenvalue weighted by molar-refractivity contribution is 8.19. The van der Waals surface area contributed by atoms with Crippen LogP contribution >= 0.6 is 21.7 Å². The van der Waals surface area contributed by atoms with Gasteiger partial charge in [0.25, 0.3) is 0 Å². The Labute approximate surface area is 282 Å². The average Bonchev–Trinajstić information content (AvgIpc) is 3.05. The van der Waals surface area contributed by atoms with Gasteiger partial charge in [-0.1, -0.05) is 29.8 Å². The van der Waals surface area contributed by atoms with Gasteiger partial charge in [0.15, 0.2) is 5.75 Å². The van der Waals surface area contributed by atoms with E-state index in [1.165, 1.54) is 56.7 Å². The lowest BCUT2D eigenvalue weighted by Gasteiger charge is -2.22. The van der Waals surface area contributed by atoms with Crippen LogP contribution in [0.15, 0.2) is 119 Å². The van der Waals surface area contributed by atoms with Gasteiger partial charge in [0, 0.05) is 23.6 Å².